The van der Waals surface area contributed by atoms with Crippen molar-refractivity contribution in [2.45, 2.75) is 0 Å². The Morgan fingerprint density at radius 2 is 1.92 bits per heavy atom. The average Bonchev–Trinajstić information content (AvgIpc) is 2.10. The van der Waals surface area contributed by atoms with Gasteiger partial charge in [0.05, 0.1) is 0 Å². The third-order valence-electron chi connectivity index (χ3n) is 1.81. The summed E-state index contributed by atoms with van der Waals surface area (Å²) in [4.78, 5) is 11.6. The van der Waals surface area contributed by atoms with E-state index in [0.29, 0.717) is 5.56 Å². The zero-order valence-electron chi connectivity index (χ0n) is 7.38. The average molecular weight is 240 g/mol. The third-order valence-corrected chi connectivity index (χ3v) is 2.45. The Labute approximate surface area is 85.3 Å². The smallest absolute Gasteiger partial charge is 0.258 e. The lowest BCUT2D eigenvalue weighted by molar-refractivity contribution is 0.851. The predicted octanol–water partition coefficient (Wildman–Crippen LogP) is 2.43. The van der Waals surface area contributed by atoms with Crippen molar-refractivity contribution in [1.82, 2.24) is 4.57 Å². The highest BCUT2D eigenvalue weighted by Gasteiger charge is 2.06. The van der Waals surface area contributed by atoms with Gasteiger partial charge in [0.15, 0.2) is 0 Å². The molecule has 0 amide bonds. The van der Waals surface area contributed by atoms with E-state index < -0.39 is 0 Å². The standard InChI is InChI=1S/C10H10BrNO/c1-4-7-8(5-2)10(13)12(3)6-9(7)11/h4-6H,1-2H2,3H3. The van der Waals surface area contributed by atoms with Crippen LogP contribution in [0.5, 0.6) is 0 Å². The molecule has 0 atom stereocenters. The summed E-state index contributed by atoms with van der Waals surface area (Å²) >= 11 is 3.35. The van der Waals surface area contributed by atoms with E-state index in [2.05, 4.69) is 29.1 Å². The van der Waals surface area contributed by atoms with Gasteiger partial charge in [-0.05, 0) is 15.9 Å². The van der Waals surface area contributed by atoms with Gasteiger partial charge in [0.25, 0.3) is 5.56 Å². The van der Waals surface area contributed by atoms with Crippen LogP contribution in [0.1, 0.15) is 11.1 Å². The molecular weight excluding hydrogens is 230 g/mol. The van der Waals surface area contributed by atoms with Gasteiger partial charge in [0.2, 0.25) is 0 Å². The summed E-state index contributed by atoms with van der Waals surface area (Å²) in [5.74, 6) is 0. The Morgan fingerprint density at radius 1 is 1.38 bits per heavy atom. The van der Waals surface area contributed by atoms with E-state index in [1.54, 1.807) is 25.4 Å². The highest BCUT2D eigenvalue weighted by atomic mass is 79.9. The Hall–Kier alpha value is -1.09. The van der Waals surface area contributed by atoms with Gasteiger partial charge < -0.3 is 4.57 Å². The fraction of sp³-hybridized carbons (Fsp3) is 0.100. The van der Waals surface area contributed by atoms with E-state index in [0.717, 1.165) is 10.0 Å². The van der Waals surface area contributed by atoms with Crippen molar-refractivity contribution in [3.8, 4) is 0 Å². The van der Waals surface area contributed by atoms with Crippen LogP contribution in [0, 0.1) is 0 Å². The maximum absolute atomic E-state index is 11.6. The van der Waals surface area contributed by atoms with Crippen LogP contribution in [0.3, 0.4) is 0 Å². The number of hydrogen-bond acceptors (Lipinski definition) is 1. The van der Waals surface area contributed by atoms with Crippen molar-refractivity contribution in [3.63, 3.8) is 0 Å². The van der Waals surface area contributed by atoms with Gasteiger partial charge in [-0.15, -0.1) is 0 Å². The molecule has 1 aromatic rings. The Bertz CT molecular complexity index is 418. The summed E-state index contributed by atoms with van der Waals surface area (Å²) in [6.07, 6.45) is 4.90. The number of pyridine rings is 1. The Kier molecular flexibility index (Phi) is 2.88. The van der Waals surface area contributed by atoms with Gasteiger partial charge in [-0.3, -0.25) is 4.79 Å². The van der Waals surface area contributed by atoms with E-state index in [-0.39, 0.29) is 5.56 Å². The van der Waals surface area contributed by atoms with Gasteiger partial charge in [-0.1, -0.05) is 25.3 Å². The van der Waals surface area contributed by atoms with Crippen molar-refractivity contribution in [2.24, 2.45) is 7.05 Å². The quantitative estimate of drug-likeness (QED) is 0.778. The molecule has 0 fully saturated rings. The lowest BCUT2D eigenvalue weighted by Gasteiger charge is -2.06. The van der Waals surface area contributed by atoms with Crippen LogP contribution in [0.2, 0.25) is 0 Å². The summed E-state index contributed by atoms with van der Waals surface area (Å²) in [5, 5.41) is 0. The zero-order valence-corrected chi connectivity index (χ0v) is 8.97. The zero-order chi connectivity index (χ0) is 10.0. The lowest BCUT2D eigenvalue weighted by Crippen LogP contribution is -2.19. The van der Waals surface area contributed by atoms with Gasteiger partial charge in [-0.2, -0.15) is 0 Å². The maximum atomic E-state index is 11.6. The molecule has 0 unspecified atom stereocenters. The van der Waals surface area contributed by atoms with Crippen molar-refractivity contribution in [3.05, 3.63) is 45.3 Å². The van der Waals surface area contributed by atoms with Gasteiger partial charge >= 0.3 is 0 Å². The molecule has 0 spiro atoms. The minimum Gasteiger partial charge on any atom is -0.317 e. The molecule has 3 heteroatoms. The first kappa shape index (κ1) is 9.99. The molecule has 0 aliphatic heterocycles. The molecular formula is C10H10BrNO. The van der Waals surface area contributed by atoms with Gasteiger partial charge in [0, 0.05) is 28.8 Å². The molecule has 0 aliphatic carbocycles. The maximum Gasteiger partial charge on any atom is 0.258 e. The second-order valence-electron chi connectivity index (χ2n) is 2.63. The van der Waals surface area contributed by atoms with E-state index in [4.69, 9.17) is 0 Å². The molecule has 0 bridgehead atoms. The van der Waals surface area contributed by atoms with Crippen LogP contribution in [0.15, 0.2) is 28.6 Å². The molecule has 1 rings (SSSR count). The second-order valence-corrected chi connectivity index (χ2v) is 3.48. The van der Waals surface area contributed by atoms with E-state index in [9.17, 15) is 4.79 Å². The highest BCUT2D eigenvalue weighted by Crippen LogP contribution is 2.19. The topological polar surface area (TPSA) is 22.0 Å². The Morgan fingerprint density at radius 3 is 2.38 bits per heavy atom. The normalized spacial score (nSPS) is 9.69. The van der Waals surface area contributed by atoms with Crippen LogP contribution in [0.25, 0.3) is 12.2 Å². The SMILES string of the molecule is C=Cc1c(Br)cn(C)c(=O)c1C=C. The van der Waals surface area contributed by atoms with E-state index in [1.165, 1.54) is 4.57 Å². The minimum absolute atomic E-state index is 0.0619. The largest absolute Gasteiger partial charge is 0.317 e. The van der Waals surface area contributed by atoms with Gasteiger partial charge in [0.1, 0.15) is 0 Å². The molecule has 68 valence electrons. The molecule has 0 saturated carbocycles. The van der Waals surface area contributed by atoms with Crippen LogP contribution in [0.4, 0.5) is 0 Å². The molecule has 0 radical (unpaired) electrons. The van der Waals surface area contributed by atoms with E-state index >= 15 is 0 Å². The fourth-order valence-electron chi connectivity index (χ4n) is 1.14. The molecule has 0 aromatic carbocycles. The molecule has 13 heavy (non-hydrogen) atoms. The molecule has 2 nitrogen and oxygen atoms in total. The van der Waals surface area contributed by atoms with Crippen molar-refractivity contribution in [1.29, 1.82) is 0 Å². The summed E-state index contributed by atoms with van der Waals surface area (Å²) in [5.41, 5.74) is 1.30. The third kappa shape index (κ3) is 1.65. The first-order valence-electron chi connectivity index (χ1n) is 3.75. The Balaban J connectivity index is 3.70. The number of rotatable bonds is 2. The number of hydrogen-bond donors (Lipinski definition) is 0. The number of halogens is 1. The molecule has 1 aromatic heterocycles. The molecule has 0 saturated heterocycles. The number of aromatic nitrogens is 1. The van der Waals surface area contributed by atoms with Crippen LogP contribution < -0.4 is 5.56 Å². The molecule has 0 aliphatic rings. The van der Waals surface area contributed by atoms with Crippen LogP contribution in [-0.4, -0.2) is 4.57 Å². The van der Waals surface area contributed by atoms with E-state index in [1.807, 2.05) is 0 Å². The van der Waals surface area contributed by atoms with Crippen molar-refractivity contribution in [2.75, 3.05) is 0 Å². The lowest BCUT2D eigenvalue weighted by atomic mass is 10.1. The molecule has 0 N–H and O–H groups in total. The summed E-state index contributed by atoms with van der Waals surface area (Å²) in [7, 11) is 1.70. The first-order valence-corrected chi connectivity index (χ1v) is 4.55. The van der Waals surface area contributed by atoms with Crippen LogP contribution in [-0.2, 0) is 7.05 Å². The summed E-state index contributed by atoms with van der Waals surface area (Å²) < 4.78 is 2.35. The first-order chi connectivity index (χ1) is 6.11. The van der Waals surface area contributed by atoms with Crippen LogP contribution >= 0.6 is 15.9 Å². The predicted molar refractivity (Wildman–Crippen MR) is 59.6 cm³/mol. The monoisotopic (exact) mass is 239 g/mol. The van der Waals surface area contributed by atoms with Gasteiger partial charge in [-0.25, -0.2) is 0 Å². The summed E-state index contributed by atoms with van der Waals surface area (Å²) in [6.45, 7) is 7.25. The fourth-order valence-corrected chi connectivity index (χ4v) is 1.82. The minimum atomic E-state index is -0.0619. The van der Waals surface area contributed by atoms with Crippen molar-refractivity contribution < 1.29 is 0 Å². The highest BCUT2D eigenvalue weighted by molar-refractivity contribution is 9.10. The summed E-state index contributed by atoms with van der Waals surface area (Å²) in [6, 6.07) is 0. The van der Waals surface area contributed by atoms with Crippen molar-refractivity contribution >= 4 is 28.1 Å². The second kappa shape index (κ2) is 3.75. The number of nitrogens with zero attached hydrogens (tertiary/aromatic N) is 1. The number of aryl methyl sites for hydroxylation is 1. The molecule has 1 heterocycles.